The average molecular weight is 271 g/mol. The van der Waals surface area contributed by atoms with Gasteiger partial charge in [-0.1, -0.05) is 29.5 Å². The number of aryl methyl sites for hydroxylation is 1. The molecule has 4 heteroatoms. The van der Waals surface area contributed by atoms with Gasteiger partial charge in [0.2, 0.25) is 0 Å². The Morgan fingerprint density at radius 2 is 1.68 bits per heavy atom. The van der Waals surface area contributed by atoms with E-state index >= 15 is 0 Å². The Morgan fingerprint density at radius 1 is 1.05 bits per heavy atom. The molecule has 0 aliphatic heterocycles. The molecule has 0 atom stereocenters. The molecule has 0 N–H and O–H groups in total. The third-order valence-corrected chi connectivity index (χ3v) is 3.41. The van der Waals surface area contributed by atoms with Gasteiger partial charge in [0.1, 0.15) is 0 Å². The van der Waals surface area contributed by atoms with Gasteiger partial charge in [0, 0.05) is 17.0 Å². The first-order valence-electron chi connectivity index (χ1n) is 5.79. The lowest BCUT2D eigenvalue weighted by molar-refractivity contribution is -0.384. The third kappa shape index (κ3) is 3.96. The molecule has 2 aromatic carbocycles. The van der Waals surface area contributed by atoms with Crippen LogP contribution in [0.2, 0.25) is 0 Å². The van der Waals surface area contributed by atoms with Gasteiger partial charge in [-0.15, -0.1) is 0 Å². The standard InChI is InChI=1S/C15H13NO2S/c1-12-2-8-15(9-3-12)19-11-10-13-4-6-14(7-5-13)16(17)18/h2-11H,1H3/b11-10+. The van der Waals surface area contributed by atoms with Crippen LogP contribution in [0.5, 0.6) is 0 Å². The topological polar surface area (TPSA) is 43.1 Å². The second kappa shape index (κ2) is 6.20. The van der Waals surface area contributed by atoms with Gasteiger partial charge in [-0.05, 0) is 48.2 Å². The van der Waals surface area contributed by atoms with Gasteiger partial charge < -0.3 is 0 Å². The van der Waals surface area contributed by atoms with E-state index in [4.69, 9.17) is 0 Å². The van der Waals surface area contributed by atoms with Crippen molar-refractivity contribution in [2.75, 3.05) is 0 Å². The minimum Gasteiger partial charge on any atom is -0.258 e. The fraction of sp³-hybridized carbons (Fsp3) is 0.0667. The monoisotopic (exact) mass is 271 g/mol. The third-order valence-electron chi connectivity index (χ3n) is 2.59. The van der Waals surface area contributed by atoms with Crippen molar-refractivity contribution in [3.63, 3.8) is 0 Å². The second-order valence-corrected chi connectivity index (χ2v) is 5.06. The molecular formula is C15H13NO2S. The molecule has 0 saturated carbocycles. The van der Waals surface area contributed by atoms with E-state index in [2.05, 4.69) is 31.2 Å². The lowest BCUT2D eigenvalue weighted by Crippen LogP contribution is -1.86. The lowest BCUT2D eigenvalue weighted by Gasteiger charge is -1.97. The molecule has 0 bridgehead atoms. The van der Waals surface area contributed by atoms with Crippen LogP contribution in [-0.4, -0.2) is 4.92 Å². The van der Waals surface area contributed by atoms with Gasteiger partial charge in [0.25, 0.3) is 5.69 Å². The number of nitro groups is 1. The predicted molar refractivity (Wildman–Crippen MR) is 79.2 cm³/mol. The van der Waals surface area contributed by atoms with Crippen molar-refractivity contribution in [3.8, 4) is 0 Å². The highest BCUT2D eigenvalue weighted by molar-refractivity contribution is 8.02. The summed E-state index contributed by atoms with van der Waals surface area (Å²) in [7, 11) is 0. The van der Waals surface area contributed by atoms with Gasteiger partial charge in [0.05, 0.1) is 4.92 Å². The van der Waals surface area contributed by atoms with Crippen molar-refractivity contribution in [1.29, 1.82) is 0 Å². The van der Waals surface area contributed by atoms with E-state index in [1.807, 2.05) is 11.5 Å². The summed E-state index contributed by atoms with van der Waals surface area (Å²) in [5.74, 6) is 0. The Bertz CT molecular complexity index is 589. The second-order valence-electron chi connectivity index (χ2n) is 4.08. The van der Waals surface area contributed by atoms with Crippen molar-refractivity contribution in [1.82, 2.24) is 0 Å². The first kappa shape index (κ1) is 13.4. The average Bonchev–Trinajstić information content (AvgIpc) is 2.41. The summed E-state index contributed by atoms with van der Waals surface area (Å²) >= 11 is 1.62. The molecule has 96 valence electrons. The highest BCUT2D eigenvalue weighted by Gasteiger charge is 2.01. The van der Waals surface area contributed by atoms with Crippen molar-refractivity contribution in [2.45, 2.75) is 11.8 Å². The number of benzene rings is 2. The van der Waals surface area contributed by atoms with Crippen molar-refractivity contribution in [3.05, 3.63) is 75.2 Å². The van der Waals surface area contributed by atoms with E-state index in [1.54, 1.807) is 23.9 Å². The van der Waals surface area contributed by atoms with Gasteiger partial charge in [-0.3, -0.25) is 10.1 Å². The zero-order valence-corrected chi connectivity index (χ0v) is 11.3. The molecule has 0 amide bonds. The van der Waals surface area contributed by atoms with E-state index in [0.29, 0.717) is 0 Å². The summed E-state index contributed by atoms with van der Waals surface area (Å²) in [5, 5.41) is 12.5. The first-order chi connectivity index (χ1) is 9.15. The Labute approximate surface area is 116 Å². The van der Waals surface area contributed by atoms with Gasteiger partial charge in [-0.2, -0.15) is 0 Å². The van der Waals surface area contributed by atoms with E-state index in [1.165, 1.54) is 22.6 Å². The number of hydrogen-bond donors (Lipinski definition) is 0. The zero-order valence-electron chi connectivity index (χ0n) is 10.4. The largest absolute Gasteiger partial charge is 0.269 e. The number of nitrogens with zero attached hydrogens (tertiary/aromatic N) is 1. The van der Waals surface area contributed by atoms with E-state index in [9.17, 15) is 10.1 Å². The molecule has 3 nitrogen and oxygen atoms in total. The molecule has 2 rings (SSSR count). The summed E-state index contributed by atoms with van der Waals surface area (Å²) in [6.07, 6.45) is 1.94. The molecule has 0 aliphatic carbocycles. The summed E-state index contributed by atoms with van der Waals surface area (Å²) in [5.41, 5.74) is 2.30. The fourth-order valence-corrected chi connectivity index (χ4v) is 2.19. The number of nitro benzene ring substituents is 1. The lowest BCUT2D eigenvalue weighted by atomic mass is 10.2. The number of non-ortho nitro benzene ring substituents is 1. The summed E-state index contributed by atoms with van der Waals surface area (Å²) in [6, 6.07) is 14.8. The highest BCUT2D eigenvalue weighted by atomic mass is 32.2. The predicted octanol–water partition coefficient (Wildman–Crippen LogP) is 4.67. The minimum atomic E-state index is -0.394. The van der Waals surface area contributed by atoms with Crippen LogP contribution < -0.4 is 0 Å². The number of hydrogen-bond acceptors (Lipinski definition) is 3. The van der Waals surface area contributed by atoms with Crippen LogP contribution in [0, 0.1) is 17.0 Å². The Morgan fingerprint density at radius 3 is 2.26 bits per heavy atom. The van der Waals surface area contributed by atoms with Crippen LogP contribution in [0.15, 0.2) is 58.8 Å². The molecule has 2 aromatic rings. The van der Waals surface area contributed by atoms with Crippen molar-refractivity contribution in [2.24, 2.45) is 0 Å². The van der Waals surface area contributed by atoms with Crippen molar-refractivity contribution < 1.29 is 4.92 Å². The summed E-state index contributed by atoms with van der Waals surface area (Å²) in [6.45, 7) is 2.06. The van der Waals surface area contributed by atoms with E-state index in [0.717, 1.165) is 5.56 Å². The van der Waals surface area contributed by atoms with Crippen LogP contribution in [0.1, 0.15) is 11.1 Å². The van der Waals surface area contributed by atoms with Crippen LogP contribution in [0.3, 0.4) is 0 Å². The molecule has 0 aromatic heterocycles. The molecule has 0 spiro atoms. The van der Waals surface area contributed by atoms with Gasteiger partial charge >= 0.3 is 0 Å². The maximum atomic E-state index is 10.5. The molecule has 0 radical (unpaired) electrons. The molecule has 0 aliphatic rings. The fourth-order valence-electron chi connectivity index (χ4n) is 1.52. The normalized spacial score (nSPS) is 10.8. The zero-order chi connectivity index (χ0) is 13.7. The van der Waals surface area contributed by atoms with Crippen LogP contribution in [0.4, 0.5) is 5.69 Å². The molecule has 0 saturated heterocycles. The number of rotatable bonds is 4. The van der Waals surface area contributed by atoms with Gasteiger partial charge in [-0.25, -0.2) is 0 Å². The quantitative estimate of drug-likeness (QED) is 0.461. The maximum Gasteiger partial charge on any atom is 0.269 e. The van der Waals surface area contributed by atoms with Crippen LogP contribution in [0.25, 0.3) is 6.08 Å². The smallest absolute Gasteiger partial charge is 0.258 e. The van der Waals surface area contributed by atoms with Crippen LogP contribution in [-0.2, 0) is 0 Å². The highest BCUT2D eigenvalue weighted by Crippen LogP contribution is 2.21. The Hall–Kier alpha value is -2.07. The maximum absolute atomic E-state index is 10.5. The first-order valence-corrected chi connectivity index (χ1v) is 6.67. The Kier molecular flexibility index (Phi) is 4.36. The minimum absolute atomic E-state index is 0.114. The molecular weight excluding hydrogens is 258 g/mol. The van der Waals surface area contributed by atoms with E-state index < -0.39 is 4.92 Å². The molecule has 0 heterocycles. The molecule has 19 heavy (non-hydrogen) atoms. The summed E-state index contributed by atoms with van der Waals surface area (Å²) < 4.78 is 0. The van der Waals surface area contributed by atoms with Crippen molar-refractivity contribution >= 4 is 23.5 Å². The van der Waals surface area contributed by atoms with Crippen LogP contribution >= 0.6 is 11.8 Å². The number of thioether (sulfide) groups is 1. The SMILES string of the molecule is Cc1ccc(S/C=C/c2ccc([N+](=O)[O-])cc2)cc1. The summed E-state index contributed by atoms with van der Waals surface area (Å²) in [4.78, 5) is 11.3. The Balaban J connectivity index is 1.98. The van der Waals surface area contributed by atoms with E-state index in [-0.39, 0.29) is 5.69 Å². The molecule has 0 unspecified atom stereocenters. The van der Waals surface area contributed by atoms with Gasteiger partial charge in [0.15, 0.2) is 0 Å². The molecule has 0 fully saturated rings.